The fourth-order valence-corrected chi connectivity index (χ4v) is 3.88. The molecule has 1 heterocycles. The Morgan fingerprint density at radius 3 is 2.57 bits per heavy atom. The molecule has 2 aromatic rings. The molecule has 2 aromatic carbocycles. The fourth-order valence-electron chi connectivity index (χ4n) is 3.01. The van der Waals surface area contributed by atoms with Gasteiger partial charge in [-0.1, -0.05) is 6.07 Å². The Kier molecular flexibility index (Phi) is 7.29. The molecule has 0 spiro atoms. The predicted octanol–water partition coefficient (Wildman–Crippen LogP) is 3.72. The first-order valence-corrected chi connectivity index (χ1v) is 10.5. The first-order valence-electron chi connectivity index (χ1n) is 9.65. The van der Waals surface area contributed by atoms with Crippen molar-refractivity contribution in [2.24, 2.45) is 0 Å². The molecular weight excluding hydrogens is 406 g/mol. The Morgan fingerprint density at radius 1 is 1.20 bits per heavy atom. The lowest BCUT2D eigenvalue weighted by molar-refractivity contribution is -0.384. The lowest BCUT2D eigenvalue weighted by atomic mass is 10.3. The normalized spacial score (nSPS) is 14.2. The number of likely N-dealkylation sites (tertiary alicyclic amines) is 1. The van der Waals surface area contributed by atoms with E-state index in [-0.39, 0.29) is 24.1 Å². The maximum atomic E-state index is 12.5. The van der Waals surface area contributed by atoms with Crippen molar-refractivity contribution >= 4 is 35.0 Å². The van der Waals surface area contributed by atoms with E-state index in [1.54, 1.807) is 48.2 Å². The van der Waals surface area contributed by atoms with Crippen molar-refractivity contribution in [2.45, 2.75) is 29.9 Å². The molecule has 0 radical (unpaired) electrons. The smallest absolute Gasteiger partial charge is 0.269 e. The van der Waals surface area contributed by atoms with Crippen molar-refractivity contribution in [3.05, 3.63) is 58.6 Å². The second-order valence-electron chi connectivity index (χ2n) is 6.90. The Morgan fingerprint density at radius 2 is 1.90 bits per heavy atom. The number of nitro benzene ring substituents is 1. The maximum absolute atomic E-state index is 12.5. The Bertz CT molecular complexity index is 913. The highest BCUT2D eigenvalue weighted by Crippen LogP contribution is 2.26. The number of carbonyl (C=O) groups excluding carboxylic acids is 2. The zero-order chi connectivity index (χ0) is 21.5. The number of nitro groups is 1. The number of nitrogens with one attached hydrogen (secondary N) is 1. The fraction of sp³-hybridized carbons (Fsp3) is 0.333. The number of non-ortho nitro benzene ring substituents is 1. The minimum Gasteiger partial charge on any atom is -0.484 e. The first kappa shape index (κ1) is 21.6. The van der Waals surface area contributed by atoms with Crippen LogP contribution in [0.25, 0.3) is 0 Å². The molecule has 3 rings (SSSR count). The number of thioether (sulfide) groups is 1. The minimum atomic E-state index is -0.460. The van der Waals surface area contributed by atoms with Crippen molar-refractivity contribution in [1.82, 2.24) is 4.90 Å². The van der Waals surface area contributed by atoms with Gasteiger partial charge >= 0.3 is 0 Å². The maximum Gasteiger partial charge on any atom is 0.269 e. The van der Waals surface area contributed by atoms with Gasteiger partial charge in [0.1, 0.15) is 5.75 Å². The Hall–Kier alpha value is -3.07. The Balaban J connectivity index is 1.52. The van der Waals surface area contributed by atoms with E-state index in [2.05, 4.69) is 5.32 Å². The third-order valence-electron chi connectivity index (χ3n) is 4.65. The molecule has 30 heavy (non-hydrogen) atoms. The molecule has 1 unspecified atom stereocenters. The van der Waals surface area contributed by atoms with E-state index in [0.717, 1.165) is 30.8 Å². The largest absolute Gasteiger partial charge is 0.484 e. The average molecular weight is 429 g/mol. The van der Waals surface area contributed by atoms with Crippen molar-refractivity contribution in [2.75, 3.05) is 25.0 Å². The monoisotopic (exact) mass is 429 g/mol. The van der Waals surface area contributed by atoms with E-state index in [1.807, 2.05) is 0 Å². The topological polar surface area (TPSA) is 102 Å². The highest BCUT2D eigenvalue weighted by molar-refractivity contribution is 8.00. The summed E-state index contributed by atoms with van der Waals surface area (Å²) in [6.07, 6.45) is 2.06. The van der Waals surface area contributed by atoms with Crippen LogP contribution in [0.3, 0.4) is 0 Å². The van der Waals surface area contributed by atoms with Gasteiger partial charge in [0.2, 0.25) is 5.91 Å². The van der Waals surface area contributed by atoms with Crippen LogP contribution in [-0.2, 0) is 9.59 Å². The molecule has 0 saturated carbocycles. The highest BCUT2D eigenvalue weighted by Gasteiger charge is 2.19. The summed E-state index contributed by atoms with van der Waals surface area (Å²) in [5.74, 6) is 0.273. The summed E-state index contributed by atoms with van der Waals surface area (Å²) in [5, 5.41) is 13.1. The van der Waals surface area contributed by atoms with Crippen LogP contribution >= 0.6 is 11.8 Å². The van der Waals surface area contributed by atoms with Gasteiger partial charge in [-0.2, -0.15) is 0 Å². The molecule has 1 N–H and O–H groups in total. The highest BCUT2D eigenvalue weighted by atomic mass is 32.2. The summed E-state index contributed by atoms with van der Waals surface area (Å²) in [5.41, 5.74) is 0.582. The van der Waals surface area contributed by atoms with Gasteiger partial charge in [0.15, 0.2) is 6.61 Å². The van der Waals surface area contributed by atoms with Gasteiger partial charge in [-0.25, -0.2) is 0 Å². The molecule has 1 atom stereocenters. The third kappa shape index (κ3) is 5.96. The number of hydrogen-bond acceptors (Lipinski definition) is 6. The number of ether oxygens (including phenoxy) is 1. The standard InChI is InChI=1S/C21H23N3O5S/c1-15(30-19-9-7-17(8-10-19)24(27)28)21(26)22-16-5-4-6-18(13-16)29-14-20(25)23-11-2-3-12-23/h4-10,13,15H,2-3,11-12,14H2,1H3,(H,22,26). The van der Waals surface area contributed by atoms with Crippen molar-refractivity contribution in [3.8, 4) is 5.75 Å². The Labute approximate surface area is 178 Å². The number of amides is 2. The summed E-state index contributed by atoms with van der Waals surface area (Å²) in [6.45, 7) is 3.30. The molecular formula is C21H23N3O5S. The first-order chi connectivity index (χ1) is 14.4. The van der Waals surface area contributed by atoms with Gasteiger partial charge in [0, 0.05) is 41.9 Å². The van der Waals surface area contributed by atoms with Crippen LogP contribution in [0, 0.1) is 10.1 Å². The number of benzene rings is 2. The molecule has 158 valence electrons. The molecule has 0 aliphatic carbocycles. The van der Waals surface area contributed by atoms with E-state index < -0.39 is 10.2 Å². The van der Waals surface area contributed by atoms with Gasteiger partial charge < -0.3 is 15.0 Å². The molecule has 1 fully saturated rings. The third-order valence-corrected chi connectivity index (χ3v) is 5.76. The van der Waals surface area contributed by atoms with Gasteiger partial charge in [-0.15, -0.1) is 11.8 Å². The van der Waals surface area contributed by atoms with Gasteiger partial charge in [0.25, 0.3) is 11.6 Å². The summed E-state index contributed by atoms with van der Waals surface area (Å²) in [6, 6.07) is 13.0. The molecule has 1 saturated heterocycles. The van der Waals surface area contributed by atoms with Gasteiger partial charge in [-0.3, -0.25) is 19.7 Å². The van der Waals surface area contributed by atoms with Crippen molar-refractivity contribution in [1.29, 1.82) is 0 Å². The molecule has 1 aliphatic heterocycles. The SMILES string of the molecule is CC(Sc1ccc([N+](=O)[O-])cc1)C(=O)Nc1cccc(OCC(=O)N2CCCC2)c1. The lowest BCUT2D eigenvalue weighted by Gasteiger charge is -2.16. The van der Waals surface area contributed by atoms with Crippen LogP contribution < -0.4 is 10.1 Å². The van der Waals surface area contributed by atoms with Crippen molar-refractivity contribution in [3.63, 3.8) is 0 Å². The summed E-state index contributed by atoms with van der Waals surface area (Å²) in [4.78, 5) is 37.4. The molecule has 0 aromatic heterocycles. The molecule has 0 bridgehead atoms. The summed E-state index contributed by atoms with van der Waals surface area (Å²) in [7, 11) is 0. The van der Waals surface area contributed by atoms with Crippen LogP contribution in [0.15, 0.2) is 53.4 Å². The number of carbonyl (C=O) groups is 2. The van der Waals surface area contributed by atoms with Gasteiger partial charge in [0.05, 0.1) is 10.2 Å². The van der Waals surface area contributed by atoms with Crippen LogP contribution in [-0.4, -0.2) is 46.6 Å². The van der Waals surface area contributed by atoms with Crippen LogP contribution in [0.5, 0.6) is 5.75 Å². The molecule has 9 heteroatoms. The van der Waals surface area contributed by atoms with Crippen LogP contribution in [0.1, 0.15) is 19.8 Å². The van der Waals surface area contributed by atoms with Crippen LogP contribution in [0.4, 0.5) is 11.4 Å². The number of rotatable bonds is 8. The minimum absolute atomic E-state index is 0.0106. The summed E-state index contributed by atoms with van der Waals surface area (Å²) >= 11 is 1.31. The lowest BCUT2D eigenvalue weighted by Crippen LogP contribution is -2.32. The molecule has 8 nitrogen and oxygen atoms in total. The van der Waals surface area contributed by atoms with E-state index in [4.69, 9.17) is 4.74 Å². The predicted molar refractivity (Wildman–Crippen MR) is 115 cm³/mol. The van der Waals surface area contributed by atoms with Crippen LogP contribution in [0.2, 0.25) is 0 Å². The van der Waals surface area contributed by atoms with E-state index >= 15 is 0 Å². The summed E-state index contributed by atoms with van der Waals surface area (Å²) < 4.78 is 5.59. The zero-order valence-corrected chi connectivity index (χ0v) is 17.4. The molecule has 1 aliphatic rings. The van der Waals surface area contributed by atoms with Crippen molar-refractivity contribution < 1.29 is 19.2 Å². The second-order valence-corrected chi connectivity index (χ2v) is 8.32. The van der Waals surface area contributed by atoms with E-state index in [1.165, 1.54) is 23.9 Å². The number of nitrogens with zero attached hydrogens (tertiary/aromatic N) is 2. The second kappa shape index (κ2) is 10.1. The zero-order valence-electron chi connectivity index (χ0n) is 16.6. The van der Waals surface area contributed by atoms with Gasteiger partial charge in [-0.05, 0) is 44.0 Å². The quantitative estimate of drug-likeness (QED) is 0.390. The number of hydrogen-bond donors (Lipinski definition) is 1. The van der Waals surface area contributed by atoms with E-state index in [0.29, 0.717) is 11.4 Å². The average Bonchev–Trinajstić information content (AvgIpc) is 3.27. The number of anilines is 1. The molecule has 2 amide bonds. The van der Waals surface area contributed by atoms with E-state index in [9.17, 15) is 19.7 Å².